The number of amides is 1. The Morgan fingerprint density at radius 1 is 1.47 bits per heavy atom. The van der Waals surface area contributed by atoms with Gasteiger partial charge in [0.1, 0.15) is 5.60 Å². The Kier molecular flexibility index (Phi) is 6.00. The molecule has 0 saturated carbocycles. The van der Waals surface area contributed by atoms with E-state index in [0.29, 0.717) is 6.54 Å². The fourth-order valence-electron chi connectivity index (χ4n) is 1.56. The minimum Gasteiger partial charge on any atom is -0.444 e. The molecule has 0 bridgehead atoms. The van der Waals surface area contributed by atoms with Crippen molar-refractivity contribution >= 4 is 6.09 Å². The Hall–Kier alpha value is -1.25. The zero-order chi connectivity index (χ0) is 13.6. The van der Waals surface area contributed by atoms with Crippen LogP contribution in [0.2, 0.25) is 0 Å². The number of ether oxygens (including phenoxy) is 1. The Labute approximate surface area is 105 Å². The monoisotopic (exact) mass is 239 g/mol. The van der Waals surface area contributed by atoms with Crippen LogP contribution in [-0.4, -0.2) is 29.2 Å². The summed E-state index contributed by atoms with van der Waals surface area (Å²) in [5, 5.41) is 0. The lowest BCUT2D eigenvalue weighted by Gasteiger charge is -2.26. The van der Waals surface area contributed by atoms with Crippen LogP contribution in [0.1, 0.15) is 41.0 Å². The van der Waals surface area contributed by atoms with Gasteiger partial charge < -0.3 is 4.74 Å². The van der Waals surface area contributed by atoms with Gasteiger partial charge in [-0.05, 0) is 27.2 Å². The predicted octanol–water partition coefficient (Wildman–Crippen LogP) is 3.76. The summed E-state index contributed by atoms with van der Waals surface area (Å²) in [6.07, 6.45) is 2.27. The van der Waals surface area contributed by atoms with Gasteiger partial charge in [0.15, 0.2) is 0 Å². The van der Waals surface area contributed by atoms with Crippen molar-refractivity contribution in [1.29, 1.82) is 0 Å². The molecular weight excluding hydrogens is 214 g/mol. The summed E-state index contributed by atoms with van der Waals surface area (Å²) in [5.74, 6) is 0. The van der Waals surface area contributed by atoms with E-state index in [0.717, 1.165) is 12.0 Å². The maximum atomic E-state index is 11.8. The maximum absolute atomic E-state index is 11.8. The van der Waals surface area contributed by atoms with E-state index in [4.69, 9.17) is 4.74 Å². The molecule has 3 heteroatoms. The molecule has 0 radical (unpaired) electrons. The van der Waals surface area contributed by atoms with E-state index in [1.165, 1.54) is 0 Å². The van der Waals surface area contributed by atoms with Crippen LogP contribution in [0.4, 0.5) is 4.79 Å². The summed E-state index contributed by atoms with van der Waals surface area (Å²) < 4.78 is 5.30. The molecule has 0 unspecified atom stereocenters. The molecule has 0 aliphatic carbocycles. The lowest BCUT2D eigenvalue weighted by atomic mass is 10.2. The highest BCUT2D eigenvalue weighted by atomic mass is 16.6. The molecule has 1 rings (SSSR count). The predicted molar refractivity (Wildman–Crippen MR) is 72.0 cm³/mol. The summed E-state index contributed by atoms with van der Waals surface area (Å²) in [6.45, 7) is 17.8. The van der Waals surface area contributed by atoms with Gasteiger partial charge in [0.2, 0.25) is 0 Å². The van der Waals surface area contributed by atoms with Crippen LogP contribution >= 0.6 is 0 Å². The van der Waals surface area contributed by atoms with Crippen LogP contribution in [0.5, 0.6) is 0 Å². The highest BCUT2D eigenvalue weighted by molar-refractivity contribution is 5.70. The zero-order valence-electron chi connectivity index (χ0n) is 11.7. The normalized spacial score (nSPS) is 19.5. The van der Waals surface area contributed by atoms with E-state index in [2.05, 4.69) is 13.2 Å². The highest BCUT2D eigenvalue weighted by Gasteiger charge is 2.31. The SMILES string of the molecule is C=C[C@@H]1CC(=C)CN1C(=O)OC(C)(C)C.CC. The van der Waals surface area contributed by atoms with Crippen LogP contribution in [0.15, 0.2) is 24.8 Å². The fourth-order valence-corrected chi connectivity index (χ4v) is 1.56. The first-order valence-corrected chi connectivity index (χ1v) is 6.12. The van der Waals surface area contributed by atoms with Crippen molar-refractivity contribution in [1.82, 2.24) is 4.90 Å². The number of hydrogen-bond donors (Lipinski definition) is 0. The first kappa shape index (κ1) is 15.8. The van der Waals surface area contributed by atoms with E-state index in [9.17, 15) is 4.79 Å². The molecule has 1 atom stereocenters. The number of hydrogen-bond acceptors (Lipinski definition) is 2. The van der Waals surface area contributed by atoms with Gasteiger partial charge in [0.25, 0.3) is 0 Å². The van der Waals surface area contributed by atoms with Gasteiger partial charge in [-0.1, -0.05) is 32.1 Å². The number of carbonyl (C=O) groups is 1. The van der Waals surface area contributed by atoms with Crippen LogP contribution in [0.3, 0.4) is 0 Å². The molecule has 0 N–H and O–H groups in total. The minimum atomic E-state index is -0.452. The van der Waals surface area contributed by atoms with Crippen molar-refractivity contribution in [2.45, 2.75) is 52.7 Å². The first-order chi connectivity index (χ1) is 7.83. The maximum Gasteiger partial charge on any atom is 0.411 e. The molecule has 1 heterocycles. The van der Waals surface area contributed by atoms with Crippen LogP contribution in [0, 0.1) is 0 Å². The molecule has 1 saturated heterocycles. The smallest absolute Gasteiger partial charge is 0.411 e. The second kappa shape index (κ2) is 6.48. The molecule has 98 valence electrons. The average Bonchev–Trinajstić information content (AvgIpc) is 2.60. The molecule has 3 nitrogen and oxygen atoms in total. The van der Waals surface area contributed by atoms with Crippen molar-refractivity contribution in [2.24, 2.45) is 0 Å². The lowest BCUT2D eigenvalue weighted by molar-refractivity contribution is 0.0260. The fraction of sp³-hybridized carbons (Fsp3) is 0.643. The molecule has 1 fully saturated rings. The molecule has 17 heavy (non-hydrogen) atoms. The summed E-state index contributed by atoms with van der Waals surface area (Å²) in [6, 6.07) is 0.0346. The van der Waals surface area contributed by atoms with E-state index < -0.39 is 5.60 Å². The standard InChI is InChI=1S/C12H19NO2.C2H6/c1-6-10-7-9(2)8-13(10)11(14)15-12(3,4)5;1-2/h6,10H,1-2,7-8H2,3-5H3;1-2H3/t10-;/m1./s1. The van der Waals surface area contributed by atoms with Gasteiger partial charge in [-0.3, -0.25) is 4.90 Å². The first-order valence-electron chi connectivity index (χ1n) is 6.12. The summed E-state index contributed by atoms with van der Waals surface area (Å²) >= 11 is 0. The lowest BCUT2D eigenvalue weighted by Crippen LogP contribution is -2.38. The van der Waals surface area contributed by atoms with Crippen molar-refractivity contribution in [2.75, 3.05) is 6.54 Å². The molecule has 1 aliphatic heterocycles. The Bertz CT molecular complexity index is 289. The summed E-state index contributed by atoms with van der Waals surface area (Å²) in [5.41, 5.74) is 0.595. The van der Waals surface area contributed by atoms with Crippen LogP contribution in [-0.2, 0) is 4.74 Å². The Morgan fingerprint density at radius 3 is 2.41 bits per heavy atom. The quantitative estimate of drug-likeness (QED) is 0.652. The molecule has 0 spiro atoms. The summed E-state index contributed by atoms with van der Waals surface area (Å²) in [4.78, 5) is 13.5. The number of nitrogens with zero attached hydrogens (tertiary/aromatic N) is 1. The third-order valence-corrected chi connectivity index (χ3v) is 2.19. The van der Waals surface area contributed by atoms with Gasteiger partial charge >= 0.3 is 6.09 Å². The second-order valence-corrected chi connectivity index (χ2v) is 4.87. The van der Waals surface area contributed by atoms with Gasteiger partial charge in [-0.25, -0.2) is 4.79 Å². The van der Waals surface area contributed by atoms with Gasteiger partial charge in [0, 0.05) is 6.54 Å². The molecule has 0 aromatic rings. The van der Waals surface area contributed by atoms with E-state index in [1.54, 1.807) is 11.0 Å². The van der Waals surface area contributed by atoms with Gasteiger partial charge in [-0.2, -0.15) is 0 Å². The van der Waals surface area contributed by atoms with E-state index in [1.807, 2.05) is 34.6 Å². The molecule has 1 amide bonds. The number of rotatable bonds is 1. The van der Waals surface area contributed by atoms with Crippen LogP contribution in [0.25, 0.3) is 0 Å². The van der Waals surface area contributed by atoms with Crippen molar-refractivity contribution in [3.8, 4) is 0 Å². The molecule has 0 aromatic heterocycles. The van der Waals surface area contributed by atoms with E-state index in [-0.39, 0.29) is 12.1 Å². The molecule has 1 aliphatic rings. The Balaban J connectivity index is 0.00000121. The third-order valence-electron chi connectivity index (χ3n) is 2.19. The van der Waals surface area contributed by atoms with E-state index >= 15 is 0 Å². The van der Waals surface area contributed by atoms with Crippen molar-refractivity contribution < 1.29 is 9.53 Å². The number of likely N-dealkylation sites (tertiary alicyclic amines) is 1. The third kappa shape index (κ3) is 5.07. The summed E-state index contributed by atoms with van der Waals surface area (Å²) in [7, 11) is 0. The van der Waals surface area contributed by atoms with Gasteiger partial charge in [-0.15, -0.1) is 6.58 Å². The largest absolute Gasteiger partial charge is 0.444 e. The highest BCUT2D eigenvalue weighted by Crippen LogP contribution is 2.24. The molecule has 0 aromatic carbocycles. The second-order valence-electron chi connectivity index (χ2n) is 4.87. The topological polar surface area (TPSA) is 29.5 Å². The van der Waals surface area contributed by atoms with Crippen LogP contribution < -0.4 is 0 Å². The van der Waals surface area contributed by atoms with Gasteiger partial charge in [0.05, 0.1) is 6.04 Å². The van der Waals surface area contributed by atoms with Crippen molar-refractivity contribution in [3.63, 3.8) is 0 Å². The molecular formula is C14H25NO2. The Morgan fingerprint density at radius 2 is 2.00 bits per heavy atom. The number of carbonyl (C=O) groups excluding carboxylic acids is 1. The minimum absolute atomic E-state index is 0.0346. The van der Waals surface area contributed by atoms with Crippen molar-refractivity contribution in [3.05, 3.63) is 24.8 Å². The zero-order valence-corrected chi connectivity index (χ0v) is 11.7. The average molecular weight is 239 g/mol.